The van der Waals surface area contributed by atoms with Crippen molar-refractivity contribution in [2.24, 2.45) is 7.05 Å². The molecule has 1 atom stereocenters. The van der Waals surface area contributed by atoms with Crippen LogP contribution in [0.2, 0.25) is 0 Å². The highest BCUT2D eigenvalue weighted by Crippen LogP contribution is 2.19. The minimum atomic E-state index is -0.377. The molecule has 0 fully saturated rings. The van der Waals surface area contributed by atoms with Gasteiger partial charge in [0.2, 0.25) is 0 Å². The SMILES string of the molecule is Cc1nn(C)c2ncc(NC(=O)N[C@@H](CO)Cc3ccccc3)cc12. The maximum Gasteiger partial charge on any atom is 0.319 e. The largest absolute Gasteiger partial charge is 0.394 e. The number of anilines is 1. The molecule has 130 valence electrons. The van der Waals surface area contributed by atoms with E-state index < -0.39 is 0 Å². The summed E-state index contributed by atoms with van der Waals surface area (Å²) in [6.45, 7) is 1.76. The van der Waals surface area contributed by atoms with Crippen molar-refractivity contribution in [3.8, 4) is 0 Å². The summed E-state index contributed by atoms with van der Waals surface area (Å²) in [6.07, 6.45) is 2.15. The van der Waals surface area contributed by atoms with Crippen LogP contribution in [0.25, 0.3) is 11.0 Å². The maximum atomic E-state index is 12.2. The van der Waals surface area contributed by atoms with E-state index in [2.05, 4.69) is 20.7 Å². The monoisotopic (exact) mass is 339 g/mol. The number of carbonyl (C=O) groups is 1. The summed E-state index contributed by atoms with van der Waals surface area (Å²) in [5.74, 6) is 0. The van der Waals surface area contributed by atoms with E-state index in [1.165, 1.54) is 0 Å². The molecule has 7 nitrogen and oxygen atoms in total. The molecule has 0 unspecified atom stereocenters. The molecule has 3 aromatic rings. The first kappa shape index (κ1) is 16.9. The van der Waals surface area contributed by atoms with Gasteiger partial charge in [0, 0.05) is 12.4 Å². The average Bonchev–Trinajstić information content (AvgIpc) is 2.89. The molecule has 0 saturated heterocycles. The van der Waals surface area contributed by atoms with Gasteiger partial charge in [-0.05, 0) is 25.0 Å². The fraction of sp³-hybridized carbons (Fsp3) is 0.278. The fourth-order valence-corrected chi connectivity index (χ4v) is 2.79. The van der Waals surface area contributed by atoms with E-state index in [0.29, 0.717) is 12.1 Å². The van der Waals surface area contributed by atoms with Crippen LogP contribution < -0.4 is 10.6 Å². The lowest BCUT2D eigenvalue weighted by molar-refractivity contribution is 0.224. The van der Waals surface area contributed by atoms with E-state index in [0.717, 1.165) is 22.3 Å². The first-order chi connectivity index (χ1) is 12.1. The van der Waals surface area contributed by atoms with Crippen LogP contribution in [0.1, 0.15) is 11.3 Å². The Morgan fingerprint density at radius 2 is 2.08 bits per heavy atom. The summed E-state index contributed by atoms with van der Waals surface area (Å²) in [6, 6.07) is 10.8. The Bertz CT molecular complexity index is 876. The molecule has 0 aliphatic carbocycles. The van der Waals surface area contributed by atoms with E-state index in [1.807, 2.05) is 50.4 Å². The Kier molecular flexibility index (Phi) is 4.95. The van der Waals surface area contributed by atoms with Gasteiger partial charge >= 0.3 is 6.03 Å². The molecule has 3 N–H and O–H groups in total. The predicted octanol–water partition coefficient (Wildman–Crippen LogP) is 2.00. The molecule has 0 aliphatic heterocycles. The van der Waals surface area contributed by atoms with Gasteiger partial charge < -0.3 is 15.7 Å². The Morgan fingerprint density at radius 3 is 2.80 bits per heavy atom. The molecule has 3 rings (SSSR count). The van der Waals surface area contributed by atoms with Crippen molar-refractivity contribution in [1.82, 2.24) is 20.1 Å². The van der Waals surface area contributed by atoms with E-state index in [9.17, 15) is 9.90 Å². The van der Waals surface area contributed by atoms with Crippen LogP contribution in [0.3, 0.4) is 0 Å². The van der Waals surface area contributed by atoms with Gasteiger partial charge in [0.25, 0.3) is 0 Å². The van der Waals surface area contributed by atoms with Crippen LogP contribution in [0, 0.1) is 6.92 Å². The van der Waals surface area contributed by atoms with Crippen LogP contribution in [0.4, 0.5) is 10.5 Å². The van der Waals surface area contributed by atoms with Crippen molar-refractivity contribution in [3.05, 3.63) is 53.9 Å². The first-order valence-electron chi connectivity index (χ1n) is 8.08. The molecule has 2 amide bonds. The molecule has 2 aromatic heterocycles. The quantitative estimate of drug-likeness (QED) is 0.663. The molecule has 0 bridgehead atoms. The van der Waals surface area contributed by atoms with Crippen molar-refractivity contribution in [1.29, 1.82) is 0 Å². The van der Waals surface area contributed by atoms with E-state index >= 15 is 0 Å². The zero-order valence-corrected chi connectivity index (χ0v) is 14.2. The fourth-order valence-electron chi connectivity index (χ4n) is 2.79. The lowest BCUT2D eigenvalue weighted by Gasteiger charge is -2.17. The smallest absolute Gasteiger partial charge is 0.319 e. The van der Waals surface area contributed by atoms with Gasteiger partial charge in [-0.15, -0.1) is 0 Å². The highest BCUT2D eigenvalue weighted by atomic mass is 16.3. The highest BCUT2D eigenvalue weighted by Gasteiger charge is 2.13. The van der Waals surface area contributed by atoms with Crippen molar-refractivity contribution in [3.63, 3.8) is 0 Å². The number of amides is 2. The van der Waals surface area contributed by atoms with Crippen molar-refractivity contribution in [2.75, 3.05) is 11.9 Å². The van der Waals surface area contributed by atoms with E-state index in [4.69, 9.17) is 0 Å². The number of benzene rings is 1. The molecule has 2 heterocycles. The normalized spacial score (nSPS) is 12.1. The van der Waals surface area contributed by atoms with Crippen LogP contribution in [-0.2, 0) is 13.5 Å². The summed E-state index contributed by atoms with van der Waals surface area (Å²) >= 11 is 0. The third-order valence-electron chi connectivity index (χ3n) is 4.00. The van der Waals surface area contributed by atoms with Gasteiger partial charge in [0.1, 0.15) is 0 Å². The summed E-state index contributed by atoms with van der Waals surface area (Å²) < 4.78 is 1.70. The second-order valence-electron chi connectivity index (χ2n) is 5.97. The number of fused-ring (bicyclic) bond motifs is 1. The number of aryl methyl sites for hydroxylation is 2. The Balaban J connectivity index is 1.66. The number of rotatable bonds is 5. The van der Waals surface area contributed by atoms with Gasteiger partial charge in [-0.25, -0.2) is 9.78 Å². The lowest BCUT2D eigenvalue weighted by atomic mass is 10.1. The van der Waals surface area contributed by atoms with E-state index in [1.54, 1.807) is 10.9 Å². The third kappa shape index (κ3) is 3.95. The first-order valence-corrected chi connectivity index (χ1v) is 8.08. The predicted molar refractivity (Wildman–Crippen MR) is 96.4 cm³/mol. The average molecular weight is 339 g/mol. The summed E-state index contributed by atoms with van der Waals surface area (Å²) in [4.78, 5) is 16.5. The minimum absolute atomic E-state index is 0.138. The number of aliphatic hydroxyl groups is 1. The molecule has 0 saturated carbocycles. The number of urea groups is 1. The number of aliphatic hydroxyl groups excluding tert-OH is 1. The molecule has 0 radical (unpaired) electrons. The minimum Gasteiger partial charge on any atom is -0.394 e. The molecule has 0 aliphatic rings. The van der Waals surface area contributed by atoms with Crippen LogP contribution in [-0.4, -0.2) is 38.6 Å². The lowest BCUT2D eigenvalue weighted by Crippen LogP contribution is -2.41. The standard InChI is InChI=1S/C18H21N5O2/c1-12-16-9-14(10-19-17(16)23(2)22-12)20-18(25)21-15(11-24)8-13-6-4-3-5-7-13/h3-7,9-10,15,24H,8,11H2,1-2H3,(H2,20,21,25)/t15-/m1/s1. The van der Waals surface area contributed by atoms with Crippen molar-refractivity contribution in [2.45, 2.75) is 19.4 Å². The number of aromatic nitrogens is 3. The number of hydrogen-bond acceptors (Lipinski definition) is 4. The van der Waals surface area contributed by atoms with Gasteiger partial charge in [0.15, 0.2) is 5.65 Å². The van der Waals surface area contributed by atoms with E-state index in [-0.39, 0.29) is 18.7 Å². The summed E-state index contributed by atoms with van der Waals surface area (Å²) in [5, 5.41) is 20.3. The summed E-state index contributed by atoms with van der Waals surface area (Å²) in [7, 11) is 1.83. The maximum absolute atomic E-state index is 12.2. The second kappa shape index (κ2) is 7.31. The zero-order chi connectivity index (χ0) is 17.8. The number of carbonyl (C=O) groups excluding carboxylic acids is 1. The van der Waals surface area contributed by atoms with Gasteiger partial charge in [-0.1, -0.05) is 30.3 Å². The number of nitrogens with zero attached hydrogens (tertiary/aromatic N) is 3. The number of hydrogen-bond donors (Lipinski definition) is 3. The molecule has 1 aromatic carbocycles. The third-order valence-corrected chi connectivity index (χ3v) is 4.00. The van der Waals surface area contributed by atoms with Gasteiger partial charge in [0.05, 0.1) is 30.2 Å². The summed E-state index contributed by atoms with van der Waals surface area (Å²) in [5.41, 5.74) is 3.25. The topological polar surface area (TPSA) is 92.1 Å². The molecule has 7 heteroatoms. The van der Waals surface area contributed by atoms with Gasteiger partial charge in [-0.3, -0.25) is 4.68 Å². The van der Waals surface area contributed by atoms with Crippen molar-refractivity contribution < 1.29 is 9.90 Å². The van der Waals surface area contributed by atoms with Crippen LogP contribution in [0.5, 0.6) is 0 Å². The molecular formula is C18H21N5O2. The van der Waals surface area contributed by atoms with Gasteiger partial charge in [-0.2, -0.15) is 5.10 Å². The Morgan fingerprint density at radius 1 is 1.32 bits per heavy atom. The number of pyridine rings is 1. The van der Waals surface area contributed by atoms with Crippen molar-refractivity contribution >= 4 is 22.8 Å². The Labute approximate surface area is 145 Å². The van der Waals surface area contributed by atoms with Crippen LogP contribution >= 0.6 is 0 Å². The molecular weight excluding hydrogens is 318 g/mol. The Hall–Kier alpha value is -2.93. The second-order valence-corrected chi connectivity index (χ2v) is 5.97. The molecule has 0 spiro atoms. The van der Waals surface area contributed by atoms with Crippen LogP contribution in [0.15, 0.2) is 42.6 Å². The molecule has 25 heavy (non-hydrogen) atoms. The highest BCUT2D eigenvalue weighted by molar-refractivity contribution is 5.92. The zero-order valence-electron chi connectivity index (χ0n) is 14.2. The number of nitrogens with one attached hydrogen (secondary N) is 2.